The highest BCUT2D eigenvalue weighted by molar-refractivity contribution is 7.98. The lowest BCUT2D eigenvalue weighted by Gasteiger charge is -2.07. The molecule has 0 atom stereocenters. The van der Waals surface area contributed by atoms with Crippen molar-refractivity contribution in [1.29, 1.82) is 0 Å². The summed E-state index contributed by atoms with van der Waals surface area (Å²) in [4.78, 5) is 38.4. The van der Waals surface area contributed by atoms with E-state index in [0.29, 0.717) is 17.3 Å². The summed E-state index contributed by atoms with van der Waals surface area (Å²) < 4.78 is 4.99. The Hall–Kier alpha value is -3.06. The van der Waals surface area contributed by atoms with E-state index in [1.165, 1.54) is 11.6 Å². The molecule has 2 aromatic carbocycles. The van der Waals surface area contributed by atoms with Gasteiger partial charge in [-0.15, -0.1) is 0 Å². The molecule has 1 aromatic heterocycles. The highest BCUT2D eigenvalue weighted by atomic mass is 32.2. The molecule has 0 saturated carbocycles. The number of hydrogen-bond donors (Lipinski definition) is 2. The van der Waals surface area contributed by atoms with E-state index in [-0.39, 0.29) is 17.2 Å². The number of amides is 1. The van der Waals surface area contributed by atoms with Crippen molar-refractivity contribution in [3.63, 3.8) is 0 Å². The number of thioether (sulfide) groups is 1. The first-order chi connectivity index (χ1) is 13.6. The second kappa shape index (κ2) is 9.75. The summed E-state index contributed by atoms with van der Waals surface area (Å²) in [7, 11) is 0. The summed E-state index contributed by atoms with van der Waals surface area (Å²) in [6.45, 7) is 0.0950. The molecule has 1 amide bonds. The van der Waals surface area contributed by atoms with Gasteiger partial charge in [0.25, 0.3) is 11.5 Å². The molecule has 7 heteroatoms. The topological polar surface area (TPSA) is 88.3 Å². The van der Waals surface area contributed by atoms with E-state index in [0.717, 1.165) is 11.5 Å². The highest BCUT2D eigenvalue weighted by Gasteiger charge is 2.12. The molecule has 0 aliphatic carbocycles. The minimum Gasteiger partial charge on any atom is -0.451 e. The highest BCUT2D eigenvalue weighted by Crippen LogP contribution is 2.11. The predicted octanol–water partition coefficient (Wildman–Crippen LogP) is 2.73. The lowest BCUT2D eigenvalue weighted by molar-refractivity contribution is -0.124. The molecule has 6 nitrogen and oxygen atoms in total. The Labute approximate surface area is 166 Å². The fraction of sp³-hybridized carbons (Fsp3) is 0.190. The zero-order valence-corrected chi connectivity index (χ0v) is 16.0. The maximum Gasteiger partial charge on any atom is 0.355 e. The van der Waals surface area contributed by atoms with Crippen LogP contribution in [0.3, 0.4) is 0 Å². The summed E-state index contributed by atoms with van der Waals surface area (Å²) >= 11 is 1.71. The first-order valence-corrected chi connectivity index (χ1v) is 9.96. The van der Waals surface area contributed by atoms with Crippen LogP contribution in [0, 0.1) is 0 Å². The minimum absolute atomic E-state index is 0.0231. The van der Waals surface area contributed by atoms with Crippen molar-refractivity contribution in [2.24, 2.45) is 0 Å². The van der Waals surface area contributed by atoms with Gasteiger partial charge in [-0.1, -0.05) is 48.5 Å². The van der Waals surface area contributed by atoms with Crippen molar-refractivity contribution in [2.75, 3.05) is 18.9 Å². The summed E-state index contributed by atoms with van der Waals surface area (Å²) in [5.41, 5.74) is 0.886. The summed E-state index contributed by atoms with van der Waals surface area (Å²) in [6.07, 6.45) is 0. The van der Waals surface area contributed by atoms with Crippen LogP contribution >= 0.6 is 11.8 Å². The molecule has 0 saturated heterocycles. The zero-order chi connectivity index (χ0) is 19.8. The molecular weight excluding hydrogens is 376 g/mol. The number of rotatable bonds is 8. The van der Waals surface area contributed by atoms with Gasteiger partial charge in [-0.05, 0) is 23.1 Å². The van der Waals surface area contributed by atoms with Gasteiger partial charge in [-0.3, -0.25) is 9.59 Å². The summed E-state index contributed by atoms with van der Waals surface area (Å²) in [5, 5.41) is 3.84. The number of esters is 1. The molecule has 28 heavy (non-hydrogen) atoms. The maximum absolute atomic E-state index is 12.1. The number of H-pyrrole nitrogens is 1. The van der Waals surface area contributed by atoms with Gasteiger partial charge in [0.1, 0.15) is 5.69 Å². The van der Waals surface area contributed by atoms with Gasteiger partial charge in [-0.2, -0.15) is 11.8 Å². The molecule has 2 N–H and O–H groups in total. The monoisotopic (exact) mass is 396 g/mol. The van der Waals surface area contributed by atoms with Gasteiger partial charge in [-0.25, -0.2) is 4.79 Å². The van der Waals surface area contributed by atoms with Crippen LogP contribution < -0.4 is 10.9 Å². The second-order valence-electron chi connectivity index (χ2n) is 6.06. The van der Waals surface area contributed by atoms with Crippen molar-refractivity contribution in [3.05, 3.63) is 82.3 Å². The van der Waals surface area contributed by atoms with E-state index < -0.39 is 12.6 Å². The molecule has 0 fully saturated rings. The number of hydrogen-bond acceptors (Lipinski definition) is 5. The zero-order valence-electron chi connectivity index (χ0n) is 15.1. The van der Waals surface area contributed by atoms with Crippen LogP contribution in [-0.4, -0.2) is 35.8 Å². The molecule has 144 valence electrons. The van der Waals surface area contributed by atoms with Crippen LogP contribution in [0.15, 0.2) is 65.5 Å². The molecule has 3 rings (SSSR count). The lowest BCUT2D eigenvalue weighted by Crippen LogP contribution is -2.30. The van der Waals surface area contributed by atoms with E-state index in [9.17, 15) is 14.4 Å². The van der Waals surface area contributed by atoms with Gasteiger partial charge in [0.05, 0.1) is 0 Å². The SMILES string of the molecule is O=C(COC(=O)c1cc2ccccc2c(=O)[nH]1)NCCSCc1ccccc1. The first-order valence-electron chi connectivity index (χ1n) is 8.81. The third-order valence-corrected chi connectivity index (χ3v) is 5.02. The van der Waals surface area contributed by atoms with Crippen LogP contribution in [0.4, 0.5) is 0 Å². The molecule has 3 aromatic rings. The molecule has 0 aliphatic rings. The standard InChI is InChI=1S/C21H20N2O4S/c24-19(22-10-11-28-14-15-6-2-1-3-7-15)13-27-21(26)18-12-16-8-4-5-9-17(16)20(25)23-18/h1-9,12H,10-11,13-14H2,(H,22,24)(H,23,25). The van der Waals surface area contributed by atoms with Crippen molar-refractivity contribution < 1.29 is 14.3 Å². The molecular formula is C21H20N2O4S. The average molecular weight is 396 g/mol. The number of pyridine rings is 1. The molecule has 0 aliphatic heterocycles. The normalized spacial score (nSPS) is 10.6. The van der Waals surface area contributed by atoms with Crippen LogP contribution in [-0.2, 0) is 15.3 Å². The van der Waals surface area contributed by atoms with Crippen molar-refractivity contribution in [1.82, 2.24) is 10.3 Å². The Morgan fingerprint density at radius 2 is 1.79 bits per heavy atom. The van der Waals surface area contributed by atoms with E-state index >= 15 is 0 Å². The molecule has 0 spiro atoms. The largest absolute Gasteiger partial charge is 0.451 e. The Morgan fingerprint density at radius 1 is 1.04 bits per heavy atom. The lowest BCUT2D eigenvalue weighted by atomic mass is 10.1. The van der Waals surface area contributed by atoms with Gasteiger partial charge >= 0.3 is 5.97 Å². The van der Waals surface area contributed by atoms with Gasteiger partial charge in [0.15, 0.2) is 6.61 Å². The number of nitrogens with one attached hydrogen (secondary N) is 2. The van der Waals surface area contributed by atoms with Crippen LogP contribution in [0.1, 0.15) is 16.1 Å². The van der Waals surface area contributed by atoms with Crippen LogP contribution in [0.5, 0.6) is 0 Å². The number of fused-ring (bicyclic) bond motifs is 1. The van der Waals surface area contributed by atoms with Crippen LogP contribution in [0.2, 0.25) is 0 Å². The van der Waals surface area contributed by atoms with Crippen molar-refractivity contribution in [3.8, 4) is 0 Å². The predicted molar refractivity (Wildman–Crippen MR) is 110 cm³/mol. The van der Waals surface area contributed by atoms with E-state index in [1.807, 2.05) is 18.2 Å². The molecule has 1 heterocycles. The number of ether oxygens (including phenoxy) is 1. The molecule has 0 radical (unpaired) electrons. The maximum atomic E-state index is 12.1. The Kier molecular flexibility index (Phi) is 6.86. The third-order valence-electron chi connectivity index (χ3n) is 3.99. The Balaban J connectivity index is 1.40. The van der Waals surface area contributed by atoms with Crippen molar-refractivity contribution in [2.45, 2.75) is 5.75 Å². The molecule has 0 bridgehead atoms. The average Bonchev–Trinajstić information content (AvgIpc) is 2.72. The second-order valence-corrected chi connectivity index (χ2v) is 7.17. The summed E-state index contributed by atoms with van der Waals surface area (Å²) in [6, 6.07) is 18.6. The smallest absolute Gasteiger partial charge is 0.355 e. The fourth-order valence-corrected chi connectivity index (χ4v) is 3.43. The quantitative estimate of drug-likeness (QED) is 0.452. The van der Waals surface area contributed by atoms with E-state index in [1.54, 1.807) is 36.0 Å². The first kappa shape index (κ1) is 19.7. The van der Waals surface area contributed by atoms with Crippen LogP contribution in [0.25, 0.3) is 10.8 Å². The number of benzene rings is 2. The fourth-order valence-electron chi connectivity index (χ4n) is 2.61. The van der Waals surface area contributed by atoms with E-state index in [4.69, 9.17) is 4.74 Å². The van der Waals surface area contributed by atoms with E-state index in [2.05, 4.69) is 22.4 Å². The Bertz CT molecular complexity index is 1020. The number of carbonyl (C=O) groups is 2. The van der Waals surface area contributed by atoms with Gasteiger partial charge in [0, 0.05) is 23.4 Å². The third kappa shape index (κ3) is 5.47. The number of carbonyl (C=O) groups excluding carboxylic acids is 2. The van der Waals surface area contributed by atoms with Gasteiger partial charge < -0.3 is 15.0 Å². The number of aromatic amines is 1. The Morgan fingerprint density at radius 3 is 2.61 bits per heavy atom. The minimum atomic E-state index is -0.739. The summed E-state index contributed by atoms with van der Waals surface area (Å²) in [5.74, 6) is 0.515. The van der Waals surface area contributed by atoms with Gasteiger partial charge in [0.2, 0.25) is 0 Å². The molecule has 0 unspecified atom stereocenters. The number of aromatic nitrogens is 1. The van der Waals surface area contributed by atoms with Crippen molar-refractivity contribution >= 4 is 34.4 Å².